The second-order valence-corrected chi connectivity index (χ2v) is 5.00. The van der Waals surface area contributed by atoms with E-state index in [1.54, 1.807) is 0 Å². The Bertz CT molecular complexity index is 809. The molecule has 0 radical (unpaired) electrons. The molecule has 122 valence electrons. The molecular weight excluding hydrogens is 306 g/mol. The van der Waals surface area contributed by atoms with Gasteiger partial charge in [0.15, 0.2) is 11.9 Å². The number of aromatic nitrogens is 4. The van der Waals surface area contributed by atoms with Crippen LogP contribution in [0.4, 0.5) is 5.82 Å². The summed E-state index contributed by atoms with van der Waals surface area (Å²) in [5, 5.41) is 19.8. The lowest BCUT2D eigenvalue weighted by Crippen LogP contribution is -2.36. The lowest BCUT2D eigenvalue weighted by Gasteiger charge is -2.18. The summed E-state index contributed by atoms with van der Waals surface area (Å²) in [6.45, 7) is -0.407. The zero-order valence-electron chi connectivity index (χ0n) is 11.9. The van der Waals surface area contributed by atoms with Crippen molar-refractivity contribution in [2.45, 2.75) is 24.5 Å². The quantitative estimate of drug-likeness (QED) is 0.471. The highest BCUT2D eigenvalue weighted by Crippen LogP contribution is 2.33. The number of hydrogen-bond donors (Lipinski definition) is 4. The number of aromatic amines is 1. The standard InChI is InChI=1S/C13H15N5O5/c1-2-3-22-9-6(4-19)23-12(8(9)20)18-5-15-7-10(14)16-13(21)17-11(7)18/h1,5-6,8-9,12,19-20H,3-4H2,(H3,14,16,17,21)/t6-,8-,9-,12-/m1/s1. The Hall–Kier alpha value is -2.45. The maximum absolute atomic E-state index is 11.5. The van der Waals surface area contributed by atoms with Crippen molar-refractivity contribution in [2.75, 3.05) is 18.9 Å². The van der Waals surface area contributed by atoms with Crippen LogP contribution in [0.25, 0.3) is 11.2 Å². The number of nitrogen functional groups attached to an aromatic ring is 1. The number of nitrogens with two attached hydrogens (primary N) is 1. The molecule has 0 unspecified atom stereocenters. The van der Waals surface area contributed by atoms with Gasteiger partial charge in [0.2, 0.25) is 0 Å². The molecule has 2 aromatic heterocycles. The van der Waals surface area contributed by atoms with E-state index >= 15 is 0 Å². The van der Waals surface area contributed by atoms with Crippen molar-refractivity contribution in [3.8, 4) is 12.3 Å². The molecule has 0 spiro atoms. The number of nitrogens with one attached hydrogen (secondary N) is 1. The van der Waals surface area contributed by atoms with Gasteiger partial charge >= 0.3 is 5.69 Å². The Labute approximate surface area is 129 Å². The van der Waals surface area contributed by atoms with Gasteiger partial charge < -0.3 is 25.4 Å². The lowest BCUT2D eigenvalue weighted by atomic mass is 10.1. The number of rotatable bonds is 4. The largest absolute Gasteiger partial charge is 0.394 e. The lowest BCUT2D eigenvalue weighted by molar-refractivity contribution is -0.0560. The Kier molecular flexibility index (Phi) is 4.01. The van der Waals surface area contributed by atoms with Crippen LogP contribution in [0.1, 0.15) is 6.23 Å². The zero-order valence-corrected chi connectivity index (χ0v) is 11.9. The van der Waals surface area contributed by atoms with E-state index in [0.717, 1.165) is 0 Å². The van der Waals surface area contributed by atoms with Crippen LogP contribution in [-0.4, -0.2) is 61.3 Å². The molecule has 10 heteroatoms. The summed E-state index contributed by atoms with van der Waals surface area (Å²) in [6, 6.07) is 0. The number of nitrogens with zero attached hydrogens (tertiary/aromatic N) is 3. The first-order valence-electron chi connectivity index (χ1n) is 6.78. The molecule has 3 heterocycles. The molecule has 0 aliphatic carbocycles. The zero-order chi connectivity index (χ0) is 16.6. The van der Waals surface area contributed by atoms with Crippen LogP contribution in [0.3, 0.4) is 0 Å². The molecule has 0 saturated carbocycles. The highest BCUT2D eigenvalue weighted by atomic mass is 16.6. The van der Waals surface area contributed by atoms with Crippen molar-refractivity contribution < 1.29 is 19.7 Å². The molecule has 10 nitrogen and oxygen atoms in total. The minimum absolute atomic E-state index is 0.0378. The van der Waals surface area contributed by atoms with Gasteiger partial charge in [0, 0.05) is 0 Å². The number of anilines is 1. The Morgan fingerprint density at radius 3 is 3.09 bits per heavy atom. The van der Waals surface area contributed by atoms with E-state index in [4.69, 9.17) is 21.6 Å². The molecule has 1 saturated heterocycles. The van der Waals surface area contributed by atoms with Gasteiger partial charge in [-0.05, 0) is 0 Å². The van der Waals surface area contributed by atoms with Crippen molar-refractivity contribution in [3.63, 3.8) is 0 Å². The molecule has 1 aliphatic rings. The average molecular weight is 321 g/mol. The van der Waals surface area contributed by atoms with E-state index < -0.39 is 30.2 Å². The fourth-order valence-corrected chi connectivity index (χ4v) is 2.59. The molecule has 23 heavy (non-hydrogen) atoms. The van der Waals surface area contributed by atoms with E-state index in [2.05, 4.69) is 20.9 Å². The molecule has 0 amide bonds. The summed E-state index contributed by atoms with van der Waals surface area (Å²) in [5.41, 5.74) is 5.47. The molecule has 2 aromatic rings. The summed E-state index contributed by atoms with van der Waals surface area (Å²) in [7, 11) is 0. The Morgan fingerprint density at radius 1 is 1.61 bits per heavy atom. The smallest absolute Gasteiger partial charge is 0.348 e. The van der Waals surface area contributed by atoms with E-state index in [9.17, 15) is 15.0 Å². The second-order valence-electron chi connectivity index (χ2n) is 5.00. The highest BCUT2D eigenvalue weighted by Gasteiger charge is 2.45. The number of hydrogen-bond acceptors (Lipinski definition) is 8. The first kappa shape index (κ1) is 15.4. The van der Waals surface area contributed by atoms with Gasteiger partial charge in [-0.1, -0.05) is 5.92 Å². The molecule has 0 aromatic carbocycles. The first-order valence-corrected chi connectivity index (χ1v) is 6.78. The second kappa shape index (κ2) is 5.98. The van der Waals surface area contributed by atoms with Crippen LogP contribution in [0.2, 0.25) is 0 Å². The molecule has 1 aliphatic heterocycles. The molecule has 1 fully saturated rings. The minimum atomic E-state index is -1.14. The third kappa shape index (κ3) is 2.55. The van der Waals surface area contributed by atoms with E-state index in [1.807, 2.05) is 0 Å². The molecule has 3 rings (SSSR count). The number of aliphatic hydroxyl groups excluding tert-OH is 2. The molecule has 0 bridgehead atoms. The highest BCUT2D eigenvalue weighted by molar-refractivity contribution is 5.81. The van der Waals surface area contributed by atoms with E-state index in [0.29, 0.717) is 0 Å². The summed E-state index contributed by atoms with van der Waals surface area (Å²) in [4.78, 5) is 21.7. The van der Waals surface area contributed by atoms with Gasteiger partial charge in [-0.2, -0.15) is 4.98 Å². The molecule has 5 N–H and O–H groups in total. The maximum Gasteiger partial charge on any atom is 0.348 e. The van der Waals surface area contributed by atoms with Crippen LogP contribution in [0.5, 0.6) is 0 Å². The number of H-pyrrole nitrogens is 1. The number of ether oxygens (including phenoxy) is 2. The average Bonchev–Trinajstić information content (AvgIpc) is 3.06. The number of terminal acetylenes is 1. The van der Waals surface area contributed by atoms with Crippen LogP contribution in [0, 0.1) is 12.3 Å². The van der Waals surface area contributed by atoms with Crippen LogP contribution in [-0.2, 0) is 9.47 Å². The van der Waals surface area contributed by atoms with Gasteiger partial charge in [-0.3, -0.25) is 9.55 Å². The summed E-state index contributed by atoms with van der Waals surface area (Å²) >= 11 is 0. The first-order chi connectivity index (χ1) is 11.1. The summed E-state index contributed by atoms with van der Waals surface area (Å²) in [6.07, 6.45) is 2.79. The Morgan fingerprint density at radius 2 is 2.39 bits per heavy atom. The van der Waals surface area contributed by atoms with Gasteiger partial charge in [0.1, 0.15) is 36.3 Å². The SMILES string of the molecule is C#CCO[C@H]1[C@@H](O)[C@H](n2cnc3c(N)[nH]c(=O)nc32)O[C@@H]1CO. The van der Waals surface area contributed by atoms with Crippen LogP contribution < -0.4 is 11.4 Å². The predicted molar refractivity (Wildman–Crippen MR) is 78.1 cm³/mol. The number of aliphatic hydroxyl groups is 2. The van der Waals surface area contributed by atoms with Gasteiger partial charge in [-0.25, -0.2) is 9.78 Å². The topological polar surface area (TPSA) is 149 Å². The third-order valence-corrected chi connectivity index (χ3v) is 3.59. The fourth-order valence-electron chi connectivity index (χ4n) is 2.59. The maximum atomic E-state index is 11.5. The van der Waals surface area contributed by atoms with Crippen molar-refractivity contribution in [2.24, 2.45) is 0 Å². The summed E-state index contributed by atoms with van der Waals surface area (Å²) in [5.74, 6) is 2.35. The van der Waals surface area contributed by atoms with Crippen LogP contribution >= 0.6 is 0 Å². The molecular formula is C13H15N5O5. The third-order valence-electron chi connectivity index (χ3n) is 3.59. The monoisotopic (exact) mass is 321 g/mol. The minimum Gasteiger partial charge on any atom is -0.394 e. The van der Waals surface area contributed by atoms with E-state index in [1.165, 1.54) is 10.9 Å². The van der Waals surface area contributed by atoms with Crippen molar-refractivity contribution in [3.05, 3.63) is 16.8 Å². The van der Waals surface area contributed by atoms with Crippen molar-refractivity contribution in [1.29, 1.82) is 0 Å². The summed E-state index contributed by atoms with van der Waals surface area (Å²) < 4.78 is 12.3. The van der Waals surface area contributed by atoms with Gasteiger partial charge in [-0.15, -0.1) is 6.42 Å². The Balaban J connectivity index is 1.99. The fraction of sp³-hybridized carbons (Fsp3) is 0.462. The molecule has 4 atom stereocenters. The van der Waals surface area contributed by atoms with Crippen molar-refractivity contribution >= 4 is 17.0 Å². The normalized spacial score (nSPS) is 27.3. The number of imidazole rings is 1. The van der Waals surface area contributed by atoms with Gasteiger partial charge in [0.25, 0.3) is 0 Å². The van der Waals surface area contributed by atoms with Crippen molar-refractivity contribution in [1.82, 2.24) is 19.5 Å². The van der Waals surface area contributed by atoms with Gasteiger partial charge in [0.05, 0.1) is 12.9 Å². The van der Waals surface area contributed by atoms with Crippen LogP contribution in [0.15, 0.2) is 11.1 Å². The van der Waals surface area contributed by atoms with E-state index in [-0.39, 0.29) is 30.2 Å². The predicted octanol–water partition coefficient (Wildman–Crippen LogP) is -2.03. The number of fused-ring (bicyclic) bond motifs is 1.